The second-order valence-electron chi connectivity index (χ2n) is 9.65. The molecule has 1 amide bonds. The minimum Gasteiger partial charge on any atom is -0.462 e. The van der Waals surface area contributed by atoms with E-state index in [-0.39, 0.29) is 12.1 Å². The van der Waals surface area contributed by atoms with Crippen LogP contribution in [0.15, 0.2) is 95.1 Å². The Bertz CT molecular complexity index is 1480. The van der Waals surface area contributed by atoms with Gasteiger partial charge in [-0.15, -0.1) is 0 Å². The first kappa shape index (κ1) is 32.2. The number of ether oxygens (including phenoxy) is 1. The smallest absolute Gasteiger partial charge is 0.416 e. The van der Waals surface area contributed by atoms with Gasteiger partial charge in [0.1, 0.15) is 5.75 Å². The van der Waals surface area contributed by atoms with Gasteiger partial charge in [0.05, 0.1) is 12.3 Å². The van der Waals surface area contributed by atoms with Crippen LogP contribution in [0.25, 0.3) is 5.57 Å². The average molecular weight is 587 g/mol. The summed E-state index contributed by atoms with van der Waals surface area (Å²) < 4.78 is 10.3. The van der Waals surface area contributed by atoms with E-state index in [9.17, 15) is 9.59 Å². The van der Waals surface area contributed by atoms with E-state index in [1.807, 2.05) is 37.9 Å². The van der Waals surface area contributed by atoms with Crippen LogP contribution >= 0.6 is 11.6 Å². The molecule has 1 atom stereocenters. The number of nitrogens with zero attached hydrogens (tertiary/aromatic N) is 1. The highest BCUT2D eigenvalue weighted by Gasteiger charge is 2.34. The summed E-state index contributed by atoms with van der Waals surface area (Å²) >= 11 is 5.98. The molecule has 0 spiro atoms. The molecule has 2 heterocycles. The van der Waals surface area contributed by atoms with Crippen molar-refractivity contribution in [1.29, 1.82) is 0 Å². The van der Waals surface area contributed by atoms with Crippen LogP contribution in [0.1, 0.15) is 66.0 Å². The molecular weight excluding hydrogens is 548 g/mol. The van der Waals surface area contributed by atoms with Crippen LogP contribution in [-0.4, -0.2) is 30.9 Å². The molecule has 7 heteroatoms. The summed E-state index contributed by atoms with van der Waals surface area (Å²) in [5, 5.41) is 3.76. The second kappa shape index (κ2) is 15.6. The molecule has 0 saturated carbocycles. The van der Waals surface area contributed by atoms with Crippen LogP contribution in [0, 0.1) is 13.8 Å². The zero-order valence-electron chi connectivity index (χ0n) is 25.1. The summed E-state index contributed by atoms with van der Waals surface area (Å²) in [6.45, 7) is 11.0. The Labute approximate surface area is 254 Å². The first-order chi connectivity index (χ1) is 20.3. The lowest BCUT2D eigenvalue weighted by Crippen LogP contribution is -2.41. The van der Waals surface area contributed by atoms with Crippen LogP contribution in [0.2, 0.25) is 5.02 Å². The number of aryl methyl sites for hydroxylation is 2. The van der Waals surface area contributed by atoms with E-state index < -0.39 is 0 Å². The lowest BCUT2D eigenvalue weighted by Gasteiger charge is -2.38. The topological polar surface area (TPSA) is 71.8 Å². The van der Waals surface area contributed by atoms with E-state index in [1.165, 1.54) is 34.1 Å². The molecule has 0 bridgehead atoms. The Hall–Kier alpha value is -4.29. The number of nitrogens with one attached hydrogen (secondary N) is 1. The molecule has 42 heavy (non-hydrogen) atoms. The van der Waals surface area contributed by atoms with Gasteiger partial charge in [-0.2, -0.15) is 0 Å². The third kappa shape index (κ3) is 8.14. The van der Waals surface area contributed by atoms with Crippen LogP contribution in [-0.2, 0) is 0 Å². The third-order valence-corrected chi connectivity index (χ3v) is 7.20. The number of hydrogen-bond acceptors (Lipinski definition) is 5. The highest BCUT2D eigenvalue weighted by atomic mass is 35.5. The maximum atomic E-state index is 13.3. The first-order valence-electron chi connectivity index (χ1n) is 14.1. The summed E-state index contributed by atoms with van der Waals surface area (Å²) in [7, 11) is 1.90. The molecule has 6 nitrogen and oxygen atoms in total. The fraction of sp³-hybridized carbons (Fsp3) is 0.257. The van der Waals surface area contributed by atoms with E-state index in [2.05, 4.69) is 60.8 Å². The molecule has 4 aromatic rings. The Morgan fingerprint density at radius 1 is 1.00 bits per heavy atom. The molecule has 5 rings (SSSR count). The van der Waals surface area contributed by atoms with Crippen molar-refractivity contribution in [2.75, 3.05) is 18.9 Å². The average Bonchev–Trinajstić information content (AvgIpc) is 3.55. The van der Waals surface area contributed by atoms with E-state index in [1.54, 1.807) is 36.4 Å². The summed E-state index contributed by atoms with van der Waals surface area (Å²) in [6, 6.07) is 24.7. The van der Waals surface area contributed by atoms with Crippen molar-refractivity contribution in [3.8, 4) is 5.75 Å². The maximum Gasteiger partial charge on any atom is 0.416 e. The number of carbonyl (C=O) groups is 2. The molecule has 220 valence electrons. The number of anilines is 1. The predicted molar refractivity (Wildman–Crippen MR) is 171 cm³/mol. The normalized spacial score (nSPS) is 14.2. The van der Waals surface area contributed by atoms with E-state index in [0.717, 1.165) is 17.7 Å². The molecular formula is C35H39ClN2O4. The fourth-order valence-electron chi connectivity index (χ4n) is 4.84. The van der Waals surface area contributed by atoms with Gasteiger partial charge in [-0.05, 0) is 104 Å². The molecule has 1 aromatic heterocycles. The van der Waals surface area contributed by atoms with E-state index >= 15 is 0 Å². The number of amides is 1. The van der Waals surface area contributed by atoms with Gasteiger partial charge in [-0.25, -0.2) is 4.79 Å². The summed E-state index contributed by atoms with van der Waals surface area (Å²) in [4.78, 5) is 24.9. The predicted octanol–water partition coefficient (Wildman–Crippen LogP) is 9.54. The minimum atomic E-state index is -0.362. The molecule has 0 saturated heterocycles. The standard InChI is InChI=1S/C28H29ClN2O2.C5H4O2.C2H6/c1-18-5-6-19(2)26(17-18)25-15-16-31(28(32)33-24-13-9-22(29)10-14-24)27(20(25)3)21-7-11-23(30-4)12-8-21;6-4-5-2-1-3-7-5;1-2/h5-14,17,27,30H,15-16H2,1-4H3;1-4H;1-2H3. The van der Waals surface area contributed by atoms with Gasteiger partial charge in [-0.1, -0.05) is 61.3 Å². The fourth-order valence-corrected chi connectivity index (χ4v) is 4.97. The number of rotatable bonds is 5. The number of aldehydes is 1. The van der Waals surface area contributed by atoms with Crippen LogP contribution in [0.3, 0.4) is 0 Å². The number of hydrogen-bond donors (Lipinski definition) is 1. The zero-order chi connectivity index (χ0) is 30.6. The SMILES string of the molecule is CC.CNc1ccc(C2C(C)=C(c3cc(C)ccc3C)CCN2C(=O)Oc2ccc(Cl)cc2)cc1.O=Cc1ccco1. The van der Waals surface area contributed by atoms with Crippen molar-refractivity contribution in [1.82, 2.24) is 4.90 Å². The Balaban J connectivity index is 0.000000465. The Morgan fingerprint density at radius 2 is 1.69 bits per heavy atom. The van der Waals surface area contributed by atoms with Crippen molar-refractivity contribution >= 4 is 35.2 Å². The van der Waals surface area contributed by atoms with Crippen LogP contribution in [0.5, 0.6) is 5.75 Å². The van der Waals surface area contributed by atoms with Gasteiger partial charge in [0.2, 0.25) is 0 Å². The van der Waals surface area contributed by atoms with Crippen molar-refractivity contribution in [3.63, 3.8) is 0 Å². The molecule has 1 unspecified atom stereocenters. The van der Waals surface area contributed by atoms with Crippen LogP contribution < -0.4 is 10.1 Å². The molecule has 0 fully saturated rings. The molecule has 1 aliphatic rings. The summed E-state index contributed by atoms with van der Waals surface area (Å²) in [5.74, 6) is 0.857. The zero-order valence-corrected chi connectivity index (χ0v) is 25.9. The van der Waals surface area contributed by atoms with Gasteiger partial charge < -0.3 is 14.5 Å². The highest BCUT2D eigenvalue weighted by Crippen LogP contribution is 2.41. The summed E-state index contributed by atoms with van der Waals surface area (Å²) in [6.07, 6.45) is 2.54. The van der Waals surface area contributed by atoms with Crippen molar-refractivity contribution < 1.29 is 18.7 Å². The quantitative estimate of drug-likeness (QED) is 0.236. The van der Waals surface area contributed by atoms with Gasteiger partial charge in [0, 0.05) is 24.3 Å². The van der Waals surface area contributed by atoms with Crippen molar-refractivity contribution in [2.45, 2.75) is 47.1 Å². The monoisotopic (exact) mass is 586 g/mol. The number of furan rings is 1. The third-order valence-electron chi connectivity index (χ3n) is 6.95. The van der Waals surface area contributed by atoms with Gasteiger partial charge in [0.25, 0.3) is 0 Å². The molecule has 3 aromatic carbocycles. The minimum absolute atomic E-state index is 0.209. The first-order valence-corrected chi connectivity index (χ1v) is 14.5. The van der Waals surface area contributed by atoms with Gasteiger partial charge in [-0.3, -0.25) is 9.69 Å². The van der Waals surface area contributed by atoms with Crippen molar-refractivity contribution in [2.24, 2.45) is 0 Å². The largest absolute Gasteiger partial charge is 0.462 e. The van der Waals surface area contributed by atoms with E-state index in [0.29, 0.717) is 29.4 Å². The van der Waals surface area contributed by atoms with Crippen LogP contribution in [0.4, 0.5) is 10.5 Å². The molecule has 1 N–H and O–H groups in total. The van der Waals surface area contributed by atoms with E-state index in [4.69, 9.17) is 16.3 Å². The maximum absolute atomic E-state index is 13.3. The lowest BCUT2D eigenvalue weighted by atomic mass is 9.84. The molecule has 1 aliphatic heterocycles. The number of halogens is 1. The summed E-state index contributed by atoms with van der Waals surface area (Å²) in [5.41, 5.74) is 8.29. The molecule has 0 radical (unpaired) electrons. The van der Waals surface area contributed by atoms with Crippen molar-refractivity contribution in [3.05, 3.63) is 124 Å². The Kier molecular flexibility index (Phi) is 12.0. The van der Waals surface area contributed by atoms with Gasteiger partial charge >= 0.3 is 6.09 Å². The van der Waals surface area contributed by atoms with Gasteiger partial charge in [0.15, 0.2) is 12.0 Å². The molecule has 0 aliphatic carbocycles. The highest BCUT2D eigenvalue weighted by molar-refractivity contribution is 6.30. The number of benzene rings is 3. The Morgan fingerprint density at radius 3 is 2.26 bits per heavy atom. The number of carbonyl (C=O) groups excluding carboxylic acids is 2. The second-order valence-corrected chi connectivity index (χ2v) is 10.1. The lowest BCUT2D eigenvalue weighted by molar-refractivity contribution is 0.110.